The van der Waals surface area contributed by atoms with E-state index in [-0.39, 0.29) is 11.8 Å². The van der Waals surface area contributed by atoms with E-state index in [0.29, 0.717) is 31.6 Å². The monoisotopic (exact) mass is 416 g/mol. The number of hydrogen-bond acceptors (Lipinski definition) is 3. The van der Waals surface area contributed by atoms with Crippen LogP contribution in [0.25, 0.3) is 11.1 Å². The Morgan fingerprint density at radius 2 is 1.87 bits per heavy atom. The first-order valence-electron chi connectivity index (χ1n) is 10.5. The van der Waals surface area contributed by atoms with Crippen LogP contribution in [0.3, 0.4) is 0 Å². The fraction of sp³-hybridized carbons (Fsp3) is 0.320. The van der Waals surface area contributed by atoms with Gasteiger partial charge in [-0.1, -0.05) is 54.1 Å². The van der Waals surface area contributed by atoms with Gasteiger partial charge in [-0.3, -0.25) is 14.7 Å². The van der Waals surface area contributed by atoms with Gasteiger partial charge in [0.1, 0.15) is 5.69 Å². The minimum absolute atomic E-state index is 0.0631. The molecule has 2 amide bonds. The molecule has 31 heavy (non-hydrogen) atoms. The lowest BCUT2D eigenvalue weighted by molar-refractivity contribution is -0.138. The van der Waals surface area contributed by atoms with Gasteiger partial charge in [0.2, 0.25) is 5.91 Å². The lowest BCUT2D eigenvalue weighted by Crippen LogP contribution is -2.44. The van der Waals surface area contributed by atoms with Crippen LogP contribution in [0.1, 0.15) is 28.0 Å². The summed E-state index contributed by atoms with van der Waals surface area (Å²) in [4.78, 5) is 29.5. The second-order valence-electron chi connectivity index (χ2n) is 8.67. The third-order valence-corrected chi connectivity index (χ3v) is 6.09. The number of carbonyl (C=O) groups is 2. The topological polar surface area (TPSA) is 69.3 Å². The number of hydrogen-bond donors (Lipinski definition) is 1. The van der Waals surface area contributed by atoms with Crippen LogP contribution >= 0.6 is 0 Å². The Morgan fingerprint density at radius 3 is 2.55 bits per heavy atom. The minimum Gasteiger partial charge on any atom is -0.348 e. The van der Waals surface area contributed by atoms with Crippen LogP contribution < -0.4 is 0 Å². The molecule has 0 spiro atoms. The molecule has 1 atom stereocenters. The number of carbonyl (C=O) groups excluding carboxylic acids is 2. The Bertz CT molecular complexity index is 1070. The van der Waals surface area contributed by atoms with Gasteiger partial charge in [-0.05, 0) is 42.5 Å². The van der Waals surface area contributed by atoms with Crippen molar-refractivity contribution in [1.82, 2.24) is 20.0 Å². The number of aryl methyl sites for hydroxylation is 1. The number of aromatic amines is 1. The zero-order valence-corrected chi connectivity index (χ0v) is 18.3. The van der Waals surface area contributed by atoms with E-state index in [1.165, 1.54) is 5.56 Å². The highest BCUT2D eigenvalue weighted by Gasteiger charge is 2.47. The van der Waals surface area contributed by atoms with Crippen molar-refractivity contribution in [2.45, 2.75) is 19.8 Å². The first-order valence-corrected chi connectivity index (χ1v) is 10.5. The van der Waals surface area contributed by atoms with Gasteiger partial charge in [-0.25, -0.2) is 0 Å². The molecule has 0 aliphatic carbocycles. The number of nitrogens with one attached hydrogen (secondary N) is 1. The molecule has 1 aromatic heterocycles. The molecule has 6 heteroatoms. The maximum absolute atomic E-state index is 13.3. The van der Waals surface area contributed by atoms with Gasteiger partial charge in [0.05, 0.1) is 5.41 Å². The zero-order chi connectivity index (χ0) is 22.0. The first-order chi connectivity index (χ1) is 14.9. The van der Waals surface area contributed by atoms with E-state index < -0.39 is 5.41 Å². The summed E-state index contributed by atoms with van der Waals surface area (Å²) in [6, 6.07) is 18.5. The maximum atomic E-state index is 13.3. The second-order valence-corrected chi connectivity index (χ2v) is 8.67. The van der Waals surface area contributed by atoms with E-state index in [0.717, 1.165) is 16.7 Å². The summed E-state index contributed by atoms with van der Waals surface area (Å²) in [6.45, 7) is 3.03. The second kappa shape index (κ2) is 8.38. The molecule has 3 aromatic rings. The summed E-state index contributed by atoms with van der Waals surface area (Å²) < 4.78 is 0. The average Bonchev–Trinajstić information content (AvgIpc) is 3.44. The third-order valence-electron chi connectivity index (χ3n) is 6.09. The van der Waals surface area contributed by atoms with Gasteiger partial charge in [0, 0.05) is 33.4 Å². The molecule has 0 radical (unpaired) electrons. The van der Waals surface area contributed by atoms with Gasteiger partial charge in [0.25, 0.3) is 5.91 Å². The summed E-state index contributed by atoms with van der Waals surface area (Å²) in [6.07, 6.45) is 2.80. The summed E-state index contributed by atoms with van der Waals surface area (Å²) in [5.74, 6) is -0.0486. The molecule has 4 rings (SSSR count). The Labute approximate surface area is 182 Å². The van der Waals surface area contributed by atoms with Gasteiger partial charge < -0.3 is 9.80 Å². The molecule has 160 valence electrons. The lowest BCUT2D eigenvalue weighted by Gasteiger charge is -2.31. The van der Waals surface area contributed by atoms with E-state index in [9.17, 15) is 9.59 Å². The fourth-order valence-corrected chi connectivity index (χ4v) is 4.46. The van der Waals surface area contributed by atoms with Crippen molar-refractivity contribution in [1.29, 1.82) is 0 Å². The highest BCUT2D eigenvalue weighted by molar-refractivity contribution is 5.93. The highest BCUT2D eigenvalue weighted by atomic mass is 16.2. The van der Waals surface area contributed by atoms with Gasteiger partial charge in [-0.15, -0.1) is 0 Å². The first kappa shape index (κ1) is 20.8. The standard InChI is InChI=1S/C25H28N4O2/c1-18-7-9-20(10-8-18)21-6-4-5-19(15-21)16-25(24(31)28(2)3)12-14-29(17-25)23(30)22-11-13-26-27-22/h4-11,13,15H,12,14,16-17H2,1-3H3,(H,26,27)/t25-/m0/s1. The van der Waals surface area contributed by atoms with Crippen LogP contribution in [0.2, 0.25) is 0 Å². The van der Waals surface area contributed by atoms with Crippen molar-refractivity contribution in [3.63, 3.8) is 0 Å². The summed E-state index contributed by atoms with van der Waals surface area (Å²) >= 11 is 0. The zero-order valence-electron chi connectivity index (χ0n) is 18.3. The van der Waals surface area contributed by atoms with Crippen molar-refractivity contribution in [2.75, 3.05) is 27.2 Å². The van der Waals surface area contributed by atoms with Crippen LogP contribution in [0.5, 0.6) is 0 Å². The molecule has 1 N–H and O–H groups in total. The van der Waals surface area contributed by atoms with Crippen molar-refractivity contribution < 1.29 is 9.59 Å². The smallest absolute Gasteiger partial charge is 0.271 e. The molecule has 6 nitrogen and oxygen atoms in total. The van der Waals surface area contributed by atoms with E-state index in [4.69, 9.17) is 0 Å². The van der Waals surface area contributed by atoms with E-state index >= 15 is 0 Å². The van der Waals surface area contributed by atoms with Crippen molar-refractivity contribution in [3.05, 3.63) is 77.6 Å². The van der Waals surface area contributed by atoms with Gasteiger partial charge in [-0.2, -0.15) is 5.10 Å². The molecule has 1 saturated heterocycles. The van der Waals surface area contributed by atoms with Gasteiger partial charge >= 0.3 is 0 Å². The van der Waals surface area contributed by atoms with E-state index in [2.05, 4.69) is 59.6 Å². The van der Waals surface area contributed by atoms with Crippen molar-refractivity contribution >= 4 is 11.8 Å². The fourth-order valence-electron chi connectivity index (χ4n) is 4.46. The summed E-state index contributed by atoms with van der Waals surface area (Å²) in [7, 11) is 3.57. The average molecular weight is 417 g/mol. The predicted molar refractivity (Wildman–Crippen MR) is 121 cm³/mol. The Balaban J connectivity index is 1.61. The quantitative estimate of drug-likeness (QED) is 0.692. The molecule has 1 aliphatic heterocycles. The minimum atomic E-state index is -0.634. The highest BCUT2D eigenvalue weighted by Crippen LogP contribution is 2.37. The van der Waals surface area contributed by atoms with Gasteiger partial charge in [0.15, 0.2) is 0 Å². The molecule has 0 bridgehead atoms. The lowest BCUT2D eigenvalue weighted by atomic mass is 9.79. The number of H-pyrrole nitrogens is 1. The van der Waals surface area contributed by atoms with Crippen LogP contribution in [-0.4, -0.2) is 59.0 Å². The number of benzene rings is 2. The number of nitrogens with zero attached hydrogens (tertiary/aromatic N) is 3. The Hall–Kier alpha value is -3.41. The van der Waals surface area contributed by atoms with Crippen LogP contribution in [0.15, 0.2) is 60.8 Å². The number of aromatic nitrogens is 2. The molecule has 2 aromatic carbocycles. The van der Waals surface area contributed by atoms with Crippen LogP contribution in [0, 0.1) is 12.3 Å². The van der Waals surface area contributed by atoms with Crippen LogP contribution in [-0.2, 0) is 11.2 Å². The van der Waals surface area contributed by atoms with Crippen molar-refractivity contribution in [2.24, 2.45) is 5.41 Å². The molecule has 0 unspecified atom stereocenters. The number of likely N-dealkylation sites (tertiary alicyclic amines) is 1. The number of rotatable bonds is 5. The Morgan fingerprint density at radius 1 is 1.10 bits per heavy atom. The van der Waals surface area contributed by atoms with Crippen molar-refractivity contribution in [3.8, 4) is 11.1 Å². The summed E-state index contributed by atoms with van der Waals surface area (Å²) in [5, 5.41) is 6.61. The normalized spacial score (nSPS) is 18.2. The van der Waals surface area contributed by atoms with Crippen LogP contribution in [0.4, 0.5) is 0 Å². The molecule has 1 aliphatic rings. The predicted octanol–water partition coefficient (Wildman–Crippen LogP) is 3.55. The molecule has 2 heterocycles. The number of amides is 2. The third kappa shape index (κ3) is 4.24. The molecule has 1 fully saturated rings. The Kier molecular flexibility index (Phi) is 5.63. The molecular weight excluding hydrogens is 388 g/mol. The summed E-state index contributed by atoms with van der Waals surface area (Å²) in [5.41, 5.74) is 4.43. The molecular formula is C25H28N4O2. The van der Waals surface area contributed by atoms with E-state index in [1.807, 2.05) is 6.07 Å². The van der Waals surface area contributed by atoms with E-state index in [1.54, 1.807) is 36.2 Å². The largest absolute Gasteiger partial charge is 0.348 e. The molecule has 0 saturated carbocycles. The SMILES string of the molecule is Cc1ccc(-c2cccc(C[C@@]3(C(=O)N(C)C)CCN(C(=O)c4ccn[nH]4)C3)c2)cc1. The maximum Gasteiger partial charge on any atom is 0.271 e.